The molecule has 3 rings (SSSR count). The van der Waals surface area contributed by atoms with Crippen LogP contribution in [-0.2, 0) is 12.7 Å². The molecule has 7 nitrogen and oxygen atoms in total. The fourth-order valence-electron chi connectivity index (χ4n) is 3.31. The molecule has 30 heavy (non-hydrogen) atoms. The number of alkyl halides is 3. The summed E-state index contributed by atoms with van der Waals surface area (Å²) in [4.78, 5) is 19.7. The van der Waals surface area contributed by atoms with Crippen LogP contribution in [0.3, 0.4) is 0 Å². The van der Waals surface area contributed by atoms with Crippen molar-refractivity contribution in [2.24, 2.45) is 5.73 Å². The van der Waals surface area contributed by atoms with E-state index in [0.29, 0.717) is 12.1 Å². The van der Waals surface area contributed by atoms with E-state index < -0.39 is 18.0 Å². The van der Waals surface area contributed by atoms with Gasteiger partial charge in [-0.2, -0.15) is 13.2 Å². The first-order valence-electron chi connectivity index (χ1n) is 9.28. The molecule has 0 aliphatic carbocycles. The number of likely N-dealkylation sites (N-methyl/N-ethyl adjacent to an activating group) is 1. The summed E-state index contributed by atoms with van der Waals surface area (Å²) in [7, 11) is 3.65. The lowest BCUT2D eigenvalue weighted by Gasteiger charge is -2.21. The number of carbonyl (C=O) groups excluding carboxylic acids is 1. The van der Waals surface area contributed by atoms with E-state index in [1.54, 1.807) is 12.1 Å². The Hall–Kier alpha value is -2.69. The second-order valence-electron chi connectivity index (χ2n) is 7.34. The maximum atomic E-state index is 13.1. The molecular weight excluding hydrogens is 401 g/mol. The number of aromatic nitrogens is 1. The van der Waals surface area contributed by atoms with Gasteiger partial charge in [-0.25, -0.2) is 4.98 Å². The van der Waals surface area contributed by atoms with Gasteiger partial charge in [-0.05, 0) is 43.9 Å². The van der Waals surface area contributed by atoms with Gasteiger partial charge in [0.1, 0.15) is 11.4 Å². The highest BCUT2D eigenvalue weighted by molar-refractivity contribution is 5.94. The van der Waals surface area contributed by atoms with Crippen LogP contribution in [0.25, 0.3) is 0 Å². The first-order chi connectivity index (χ1) is 14.1. The maximum absolute atomic E-state index is 13.1. The quantitative estimate of drug-likeness (QED) is 0.764. The Morgan fingerprint density at radius 3 is 2.63 bits per heavy atom. The summed E-state index contributed by atoms with van der Waals surface area (Å²) in [5.41, 5.74) is 4.89. The number of pyridine rings is 1. The number of nitrogens with two attached hydrogens (primary N) is 1. The Bertz CT molecular complexity index is 920. The van der Waals surface area contributed by atoms with Gasteiger partial charge in [0.25, 0.3) is 5.91 Å². The molecule has 2 atom stereocenters. The van der Waals surface area contributed by atoms with Crippen LogP contribution in [0.5, 0.6) is 11.6 Å². The molecule has 10 heteroatoms. The van der Waals surface area contributed by atoms with Gasteiger partial charge in [0.15, 0.2) is 0 Å². The smallest absolute Gasteiger partial charge is 0.433 e. The highest BCUT2D eigenvalue weighted by atomic mass is 19.4. The lowest BCUT2D eigenvalue weighted by molar-refractivity contribution is -0.141. The summed E-state index contributed by atoms with van der Waals surface area (Å²) >= 11 is 0. The number of hydrogen-bond acceptors (Lipinski definition) is 6. The Morgan fingerprint density at radius 1 is 1.30 bits per heavy atom. The zero-order chi connectivity index (χ0) is 22.1. The van der Waals surface area contributed by atoms with Gasteiger partial charge in [0.05, 0.1) is 12.1 Å². The van der Waals surface area contributed by atoms with Crippen LogP contribution < -0.4 is 10.5 Å². The average molecular weight is 424 g/mol. The van der Waals surface area contributed by atoms with Gasteiger partial charge in [-0.3, -0.25) is 4.79 Å². The van der Waals surface area contributed by atoms with E-state index in [0.717, 1.165) is 6.07 Å². The molecule has 2 aromatic rings. The number of amides is 1. The Morgan fingerprint density at radius 2 is 2.03 bits per heavy atom. The van der Waals surface area contributed by atoms with E-state index in [-0.39, 0.29) is 42.2 Å². The van der Waals surface area contributed by atoms with Crippen LogP contribution in [0.15, 0.2) is 36.4 Å². The van der Waals surface area contributed by atoms with Crippen LogP contribution >= 0.6 is 0 Å². The van der Waals surface area contributed by atoms with Crippen LogP contribution in [0.2, 0.25) is 0 Å². The van der Waals surface area contributed by atoms with Crippen molar-refractivity contribution in [1.82, 2.24) is 14.8 Å². The predicted molar refractivity (Wildman–Crippen MR) is 103 cm³/mol. The van der Waals surface area contributed by atoms with E-state index in [1.165, 1.54) is 23.1 Å². The van der Waals surface area contributed by atoms with E-state index in [2.05, 4.69) is 4.98 Å². The topological polar surface area (TPSA) is 91.9 Å². The van der Waals surface area contributed by atoms with Crippen molar-refractivity contribution in [3.8, 4) is 11.6 Å². The molecule has 162 valence electrons. The molecule has 1 fully saturated rings. The summed E-state index contributed by atoms with van der Waals surface area (Å²) in [6.45, 7) is 0.458. The van der Waals surface area contributed by atoms with E-state index in [4.69, 9.17) is 10.5 Å². The van der Waals surface area contributed by atoms with E-state index in [9.17, 15) is 23.1 Å². The molecule has 1 aromatic carbocycles. The summed E-state index contributed by atoms with van der Waals surface area (Å²) < 4.78 is 44.7. The number of aliphatic hydroxyl groups excluding tert-OH is 1. The van der Waals surface area contributed by atoms with Crippen LogP contribution in [0.4, 0.5) is 13.2 Å². The molecule has 1 aliphatic rings. The number of hydrogen-bond donors (Lipinski definition) is 2. The van der Waals surface area contributed by atoms with Gasteiger partial charge in [0.2, 0.25) is 5.88 Å². The minimum Gasteiger partial charge on any atom is -0.439 e. The van der Waals surface area contributed by atoms with Crippen LogP contribution in [0, 0.1) is 0 Å². The normalized spacial score (nSPS) is 19.4. The number of aliphatic hydroxyl groups is 1. The lowest BCUT2D eigenvalue weighted by atomic mass is 10.2. The number of carbonyl (C=O) groups is 1. The van der Waals surface area contributed by atoms with Gasteiger partial charge in [-0.1, -0.05) is 6.07 Å². The molecule has 1 amide bonds. The number of β-amino-alcohol motifs (C(OH)–C–C–N with tert-alkyl or cyclic N) is 1. The largest absolute Gasteiger partial charge is 0.439 e. The predicted octanol–water partition coefficient (Wildman–Crippen LogP) is 2.10. The van der Waals surface area contributed by atoms with Gasteiger partial charge in [0, 0.05) is 31.3 Å². The Labute approximate surface area is 171 Å². The van der Waals surface area contributed by atoms with E-state index >= 15 is 0 Å². The highest BCUT2D eigenvalue weighted by Gasteiger charge is 2.36. The van der Waals surface area contributed by atoms with Crippen LogP contribution in [0.1, 0.15) is 21.6 Å². The second-order valence-corrected chi connectivity index (χ2v) is 7.34. The second kappa shape index (κ2) is 8.58. The summed E-state index contributed by atoms with van der Waals surface area (Å²) in [6, 6.07) is 8.11. The molecule has 2 heterocycles. The monoisotopic (exact) mass is 424 g/mol. The van der Waals surface area contributed by atoms with Crippen molar-refractivity contribution < 1.29 is 27.8 Å². The third-order valence-electron chi connectivity index (χ3n) is 4.90. The number of halogens is 3. The molecule has 1 aliphatic heterocycles. The first kappa shape index (κ1) is 22.0. The van der Waals surface area contributed by atoms with Crippen molar-refractivity contribution in [1.29, 1.82) is 0 Å². The number of benzene rings is 1. The highest BCUT2D eigenvalue weighted by Crippen LogP contribution is 2.31. The van der Waals surface area contributed by atoms with Gasteiger partial charge < -0.3 is 25.4 Å². The lowest BCUT2D eigenvalue weighted by Crippen LogP contribution is -2.38. The zero-order valence-corrected chi connectivity index (χ0v) is 16.6. The summed E-state index contributed by atoms with van der Waals surface area (Å²) in [5.74, 6) is -0.401. The van der Waals surface area contributed by atoms with Crippen molar-refractivity contribution in [2.75, 3.05) is 27.2 Å². The number of ether oxygens (including phenoxy) is 1. The number of nitrogens with zero attached hydrogens (tertiary/aromatic N) is 3. The molecule has 3 N–H and O–H groups in total. The first-order valence-corrected chi connectivity index (χ1v) is 9.28. The molecule has 0 unspecified atom stereocenters. The molecule has 0 saturated carbocycles. The minimum atomic E-state index is -4.64. The summed E-state index contributed by atoms with van der Waals surface area (Å²) in [6.07, 6.45) is -5.30. The molecule has 0 spiro atoms. The molecule has 1 aromatic heterocycles. The fourth-order valence-corrected chi connectivity index (χ4v) is 3.31. The Balaban J connectivity index is 1.80. The van der Waals surface area contributed by atoms with Crippen molar-refractivity contribution in [3.63, 3.8) is 0 Å². The van der Waals surface area contributed by atoms with Crippen LogP contribution in [-0.4, -0.2) is 65.1 Å². The summed E-state index contributed by atoms with van der Waals surface area (Å²) in [5, 5.41) is 10.1. The minimum absolute atomic E-state index is 0.106. The van der Waals surface area contributed by atoms with Crippen molar-refractivity contribution in [3.05, 3.63) is 53.2 Å². The molecular formula is C20H23F3N4O3. The zero-order valence-electron chi connectivity index (χ0n) is 16.6. The number of likely N-dealkylation sites (tertiary alicyclic amines) is 1. The maximum Gasteiger partial charge on any atom is 0.433 e. The fraction of sp³-hybridized carbons (Fsp3) is 0.400. The molecule has 0 radical (unpaired) electrons. The number of rotatable bonds is 5. The molecule has 1 saturated heterocycles. The van der Waals surface area contributed by atoms with Crippen molar-refractivity contribution >= 4 is 5.91 Å². The average Bonchev–Trinajstić information content (AvgIpc) is 3.08. The SMILES string of the molecule is CN(C)[C@@H]1CN(C(=O)c2cccc(Oc3cc(CN)cc(C(F)(F)F)n3)c2)C[C@H]1O. The Kier molecular flexibility index (Phi) is 6.30. The third kappa shape index (κ3) is 4.89. The molecule has 0 bridgehead atoms. The standard InChI is InChI=1S/C20H23F3N4O3/c1-26(2)15-10-27(11-16(15)28)19(29)13-4-3-5-14(8-13)30-18-7-12(9-24)6-17(25-18)20(21,22)23/h3-8,15-16,28H,9-11,24H2,1-2H3/t15-,16-/m1/s1. The van der Waals surface area contributed by atoms with Crippen molar-refractivity contribution in [2.45, 2.75) is 24.9 Å². The third-order valence-corrected chi connectivity index (χ3v) is 4.90. The van der Waals surface area contributed by atoms with Gasteiger partial charge in [-0.15, -0.1) is 0 Å². The van der Waals surface area contributed by atoms with E-state index in [1.807, 2.05) is 19.0 Å². The van der Waals surface area contributed by atoms with Gasteiger partial charge >= 0.3 is 6.18 Å².